The first-order valence-corrected chi connectivity index (χ1v) is 10.9. The number of carbonyl (C=O) groups is 2. The number of nitrogens with one attached hydrogen (secondary N) is 2. The van der Waals surface area contributed by atoms with Crippen molar-refractivity contribution in [1.29, 1.82) is 0 Å². The van der Waals surface area contributed by atoms with Gasteiger partial charge in [-0.25, -0.2) is 0 Å². The SMILES string of the molecule is CC(=O)NC(C(=O)NCC1(N2CCCCC2)CCCCC1)C1CCCC1. The van der Waals surface area contributed by atoms with E-state index in [4.69, 9.17) is 0 Å². The lowest BCUT2D eigenvalue weighted by atomic mass is 9.79. The molecule has 0 aromatic carbocycles. The highest BCUT2D eigenvalue weighted by molar-refractivity contribution is 5.87. The molecule has 26 heavy (non-hydrogen) atoms. The highest BCUT2D eigenvalue weighted by Crippen LogP contribution is 2.35. The first kappa shape index (κ1) is 19.7. The molecule has 1 atom stereocenters. The van der Waals surface area contributed by atoms with Crippen LogP contribution in [0.1, 0.15) is 84.0 Å². The van der Waals surface area contributed by atoms with Crippen LogP contribution in [0.2, 0.25) is 0 Å². The van der Waals surface area contributed by atoms with E-state index >= 15 is 0 Å². The molecule has 0 spiro atoms. The van der Waals surface area contributed by atoms with Crippen molar-refractivity contribution in [3.8, 4) is 0 Å². The van der Waals surface area contributed by atoms with Gasteiger partial charge in [0.15, 0.2) is 0 Å². The summed E-state index contributed by atoms with van der Waals surface area (Å²) in [6, 6.07) is -0.350. The van der Waals surface area contributed by atoms with E-state index in [2.05, 4.69) is 15.5 Å². The number of piperidine rings is 1. The largest absolute Gasteiger partial charge is 0.352 e. The van der Waals surface area contributed by atoms with Gasteiger partial charge in [-0.2, -0.15) is 0 Å². The third kappa shape index (κ3) is 4.79. The Bertz CT molecular complexity index is 476. The zero-order chi connectivity index (χ0) is 18.4. The molecule has 1 heterocycles. The Morgan fingerprint density at radius 3 is 2.19 bits per heavy atom. The lowest BCUT2D eigenvalue weighted by Crippen LogP contribution is -2.60. The van der Waals surface area contributed by atoms with Crippen LogP contribution in [0, 0.1) is 5.92 Å². The second-order valence-electron chi connectivity index (χ2n) is 8.77. The van der Waals surface area contributed by atoms with Crippen LogP contribution in [0.15, 0.2) is 0 Å². The van der Waals surface area contributed by atoms with Crippen molar-refractivity contribution in [2.75, 3.05) is 19.6 Å². The van der Waals surface area contributed by atoms with Crippen molar-refractivity contribution in [1.82, 2.24) is 15.5 Å². The first-order chi connectivity index (χ1) is 12.6. The number of likely N-dealkylation sites (tertiary alicyclic amines) is 1. The Labute approximate surface area is 158 Å². The molecule has 2 saturated carbocycles. The van der Waals surface area contributed by atoms with Gasteiger partial charge < -0.3 is 10.6 Å². The van der Waals surface area contributed by atoms with Gasteiger partial charge in [0.05, 0.1) is 0 Å². The Morgan fingerprint density at radius 1 is 0.962 bits per heavy atom. The molecule has 5 nitrogen and oxygen atoms in total. The van der Waals surface area contributed by atoms with E-state index in [9.17, 15) is 9.59 Å². The maximum atomic E-state index is 13.0. The summed E-state index contributed by atoms with van der Waals surface area (Å²) in [6.45, 7) is 4.61. The second kappa shape index (κ2) is 9.20. The molecule has 0 bridgehead atoms. The Balaban J connectivity index is 1.64. The zero-order valence-electron chi connectivity index (χ0n) is 16.5. The summed E-state index contributed by atoms with van der Waals surface area (Å²) in [5.41, 5.74) is 0.144. The minimum absolute atomic E-state index is 0.0362. The van der Waals surface area contributed by atoms with Gasteiger partial charge in [-0.1, -0.05) is 38.5 Å². The fourth-order valence-electron chi connectivity index (χ4n) is 5.45. The number of hydrogen-bond acceptors (Lipinski definition) is 3. The standard InChI is InChI=1S/C21H37N3O2/c1-17(25)23-19(18-10-4-5-11-18)20(26)22-16-21(12-6-2-7-13-21)24-14-8-3-9-15-24/h18-19H,2-16H2,1H3,(H,22,26)(H,23,25). The van der Waals surface area contributed by atoms with Crippen molar-refractivity contribution in [3.63, 3.8) is 0 Å². The number of amides is 2. The molecule has 148 valence electrons. The topological polar surface area (TPSA) is 61.4 Å². The minimum atomic E-state index is -0.350. The van der Waals surface area contributed by atoms with Crippen LogP contribution in [0.4, 0.5) is 0 Å². The normalized spacial score (nSPS) is 25.6. The number of rotatable bonds is 6. The quantitative estimate of drug-likeness (QED) is 0.763. The Hall–Kier alpha value is -1.10. The first-order valence-electron chi connectivity index (χ1n) is 10.9. The van der Waals surface area contributed by atoms with Crippen LogP contribution in [0.5, 0.6) is 0 Å². The Morgan fingerprint density at radius 2 is 1.58 bits per heavy atom. The van der Waals surface area contributed by atoms with Gasteiger partial charge in [-0.3, -0.25) is 14.5 Å². The third-order valence-corrected chi connectivity index (χ3v) is 6.92. The smallest absolute Gasteiger partial charge is 0.242 e. The number of hydrogen-bond donors (Lipinski definition) is 2. The van der Waals surface area contributed by atoms with Gasteiger partial charge in [0.25, 0.3) is 0 Å². The van der Waals surface area contributed by atoms with E-state index in [0.29, 0.717) is 5.92 Å². The van der Waals surface area contributed by atoms with E-state index in [1.165, 1.54) is 84.2 Å². The predicted molar refractivity (Wildman–Crippen MR) is 104 cm³/mol. The second-order valence-corrected chi connectivity index (χ2v) is 8.77. The summed E-state index contributed by atoms with van der Waals surface area (Å²) in [6.07, 6.45) is 14.6. The van der Waals surface area contributed by atoms with E-state index in [1.807, 2.05) is 0 Å². The van der Waals surface area contributed by atoms with Crippen LogP contribution < -0.4 is 10.6 Å². The van der Waals surface area contributed by atoms with Crippen molar-refractivity contribution < 1.29 is 9.59 Å². The lowest BCUT2D eigenvalue weighted by molar-refractivity contribution is -0.130. The molecule has 3 rings (SSSR count). The van der Waals surface area contributed by atoms with Crippen molar-refractivity contribution in [2.24, 2.45) is 5.92 Å². The van der Waals surface area contributed by atoms with E-state index in [-0.39, 0.29) is 23.4 Å². The van der Waals surface area contributed by atoms with Crippen molar-refractivity contribution in [3.05, 3.63) is 0 Å². The average molecular weight is 364 g/mol. The molecule has 3 aliphatic rings. The van der Waals surface area contributed by atoms with Gasteiger partial charge in [0.1, 0.15) is 6.04 Å². The molecule has 0 aromatic rings. The van der Waals surface area contributed by atoms with Crippen molar-refractivity contribution in [2.45, 2.75) is 95.6 Å². The van der Waals surface area contributed by atoms with Crippen LogP contribution in [-0.2, 0) is 9.59 Å². The molecular weight excluding hydrogens is 326 g/mol. The van der Waals surface area contributed by atoms with Gasteiger partial charge in [0.2, 0.25) is 11.8 Å². The molecule has 0 radical (unpaired) electrons. The molecule has 2 N–H and O–H groups in total. The van der Waals surface area contributed by atoms with Crippen LogP contribution in [0.25, 0.3) is 0 Å². The summed E-state index contributed by atoms with van der Waals surface area (Å²) in [5.74, 6) is 0.241. The highest BCUT2D eigenvalue weighted by Gasteiger charge is 2.39. The van der Waals surface area contributed by atoms with Gasteiger partial charge >= 0.3 is 0 Å². The summed E-state index contributed by atoms with van der Waals surface area (Å²) in [4.78, 5) is 27.3. The van der Waals surface area contributed by atoms with Gasteiger partial charge in [-0.15, -0.1) is 0 Å². The predicted octanol–water partition coefficient (Wildman–Crippen LogP) is 2.99. The lowest BCUT2D eigenvalue weighted by Gasteiger charge is -2.48. The monoisotopic (exact) mass is 363 g/mol. The summed E-state index contributed by atoms with van der Waals surface area (Å²) in [5, 5.41) is 6.21. The fraction of sp³-hybridized carbons (Fsp3) is 0.905. The molecule has 2 aliphatic carbocycles. The molecular formula is C21H37N3O2. The fourth-order valence-corrected chi connectivity index (χ4v) is 5.45. The maximum Gasteiger partial charge on any atom is 0.242 e. The third-order valence-electron chi connectivity index (χ3n) is 6.92. The molecule has 5 heteroatoms. The van der Waals surface area contributed by atoms with E-state index < -0.39 is 0 Å². The minimum Gasteiger partial charge on any atom is -0.352 e. The van der Waals surface area contributed by atoms with Gasteiger partial charge in [0, 0.05) is 19.0 Å². The van der Waals surface area contributed by atoms with Crippen LogP contribution in [-0.4, -0.2) is 47.9 Å². The van der Waals surface area contributed by atoms with Crippen molar-refractivity contribution >= 4 is 11.8 Å². The molecule has 0 aromatic heterocycles. The summed E-state index contributed by atoms with van der Waals surface area (Å²) < 4.78 is 0. The molecule has 1 saturated heterocycles. The molecule has 1 aliphatic heterocycles. The Kier molecular flexibility index (Phi) is 6.96. The number of nitrogens with zero attached hydrogens (tertiary/aromatic N) is 1. The van der Waals surface area contributed by atoms with Crippen LogP contribution in [0.3, 0.4) is 0 Å². The highest BCUT2D eigenvalue weighted by atomic mass is 16.2. The summed E-state index contributed by atoms with van der Waals surface area (Å²) >= 11 is 0. The maximum absolute atomic E-state index is 13.0. The van der Waals surface area contributed by atoms with Gasteiger partial charge in [-0.05, 0) is 57.5 Å². The van der Waals surface area contributed by atoms with E-state index in [0.717, 1.165) is 19.4 Å². The van der Waals surface area contributed by atoms with Crippen LogP contribution >= 0.6 is 0 Å². The zero-order valence-corrected chi connectivity index (χ0v) is 16.5. The molecule has 2 amide bonds. The summed E-state index contributed by atoms with van der Waals surface area (Å²) in [7, 11) is 0. The molecule has 1 unspecified atom stereocenters. The molecule has 3 fully saturated rings. The van der Waals surface area contributed by atoms with E-state index in [1.54, 1.807) is 0 Å². The number of carbonyl (C=O) groups excluding carboxylic acids is 2. The average Bonchev–Trinajstić information content (AvgIpc) is 3.20.